The standard InChI is InChI=1S/C19H23N2O13/c1-8(22)29-7-13-16(30-9(2)23)17(31-10(3)24)15(19(34-13)32-11(4)25)20-18(26)12-5-6-14(33-12)21(27)28/h5-6,13,15-17,19,27H,7H2,1-4H3,(H,20,26)/q-1/t13-,15-,16-,17+,19+/m0/s1. The van der Waals surface area contributed by atoms with Crippen molar-refractivity contribution >= 4 is 35.7 Å². The molecule has 0 aliphatic carbocycles. The summed E-state index contributed by atoms with van der Waals surface area (Å²) < 4.78 is 31.1. The Labute approximate surface area is 192 Å². The van der Waals surface area contributed by atoms with Crippen LogP contribution in [0.3, 0.4) is 0 Å². The Morgan fingerprint density at radius 2 is 1.56 bits per heavy atom. The molecule has 0 aromatic carbocycles. The van der Waals surface area contributed by atoms with Gasteiger partial charge in [0.15, 0.2) is 18.0 Å². The summed E-state index contributed by atoms with van der Waals surface area (Å²) in [6, 6.07) is 0.608. The van der Waals surface area contributed by atoms with Crippen LogP contribution in [-0.2, 0) is 42.9 Å². The summed E-state index contributed by atoms with van der Waals surface area (Å²) in [5.41, 5.74) is 0. The number of amides is 1. The number of anilines is 1. The van der Waals surface area contributed by atoms with E-state index in [1.807, 2.05) is 0 Å². The first kappa shape index (κ1) is 26.6. The zero-order valence-electron chi connectivity index (χ0n) is 18.5. The van der Waals surface area contributed by atoms with Crippen molar-refractivity contribution in [1.29, 1.82) is 0 Å². The highest BCUT2D eigenvalue weighted by Gasteiger charge is 2.52. The minimum Gasteiger partial charge on any atom is -0.731 e. The number of ether oxygens (including phenoxy) is 5. The number of nitrogens with one attached hydrogen (secondary N) is 1. The third-order valence-electron chi connectivity index (χ3n) is 4.29. The number of carbonyl (C=O) groups excluding carboxylic acids is 5. The van der Waals surface area contributed by atoms with Crippen LogP contribution >= 0.6 is 0 Å². The molecule has 1 saturated heterocycles. The summed E-state index contributed by atoms with van der Waals surface area (Å²) in [5, 5.41) is 21.6. The molecule has 15 heteroatoms. The summed E-state index contributed by atoms with van der Waals surface area (Å²) in [7, 11) is 0. The van der Waals surface area contributed by atoms with Gasteiger partial charge in [-0.2, -0.15) is 0 Å². The molecule has 2 rings (SSSR count). The highest BCUT2D eigenvalue weighted by molar-refractivity contribution is 5.92. The van der Waals surface area contributed by atoms with Gasteiger partial charge in [-0.15, -0.1) is 0 Å². The van der Waals surface area contributed by atoms with E-state index < -0.39 is 83.9 Å². The topological polar surface area (TPSA) is 203 Å². The van der Waals surface area contributed by atoms with Gasteiger partial charge in [-0.3, -0.25) is 34.4 Å². The fraction of sp³-hybridized carbons (Fsp3) is 0.526. The summed E-state index contributed by atoms with van der Waals surface area (Å²) in [6.45, 7) is 3.80. The van der Waals surface area contributed by atoms with Gasteiger partial charge in [-0.05, 0) is 6.07 Å². The van der Waals surface area contributed by atoms with Crippen molar-refractivity contribution in [3.8, 4) is 0 Å². The zero-order valence-corrected chi connectivity index (χ0v) is 18.5. The number of hydrogen-bond acceptors (Lipinski definition) is 14. The first-order valence-corrected chi connectivity index (χ1v) is 9.76. The van der Waals surface area contributed by atoms with E-state index in [9.17, 15) is 29.2 Å². The molecule has 188 valence electrons. The molecule has 5 atom stereocenters. The number of furan rings is 1. The van der Waals surface area contributed by atoms with E-state index in [2.05, 4.69) is 5.32 Å². The van der Waals surface area contributed by atoms with Gasteiger partial charge >= 0.3 is 23.9 Å². The Balaban J connectivity index is 2.43. The number of nitrogens with zero attached hydrogens (tertiary/aromatic N) is 1. The molecule has 1 amide bonds. The smallest absolute Gasteiger partial charge is 0.305 e. The maximum atomic E-state index is 12.7. The molecular weight excluding hydrogens is 464 g/mol. The lowest BCUT2D eigenvalue weighted by Gasteiger charge is -2.44. The molecule has 1 aromatic heterocycles. The second-order valence-corrected chi connectivity index (χ2v) is 7.01. The molecule has 1 aliphatic heterocycles. The molecule has 0 unspecified atom stereocenters. The van der Waals surface area contributed by atoms with E-state index in [0.717, 1.165) is 39.8 Å². The highest BCUT2D eigenvalue weighted by Crippen LogP contribution is 2.28. The van der Waals surface area contributed by atoms with Gasteiger partial charge < -0.3 is 38.6 Å². The average Bonchev–Trinajstić information content (AvgIpc) is 3.20. The average molecular weight is 487 g/mol. The third-order valence-corrected chi connectivity index (χ3v) is 4.29. The Bertz CT molecular complexity index is 927. The van der Waals surface area contributed by atoms with Crippen molar-refractivity contribution in [3.63, 3.8) is 0 Å². The SMILES string of the molecule is CC(=O)OC[C@@H]1O[C@@H](OC(C)=O)[C@@H](NC(=O)c2ccc(N([O-])O)o2)[C@@H](OC(C)=O)[C@H]1OC(C)=O. The van der Waals surface area contributed by atoms with Crippen LogP contribution in [0.1, 0.15) is 38.2 Å². The minimum absolute atomic E-state index is 0.445. The quantitative estimate of drug-likeness (QED) is 0.277. The number of rotatable bonds is 8. The Kier molecular flexibility index (Phi) is 8.94. The van der Waals surface area contributed by atoms with Gasteiger partial charge in [-0.25, -0.2) is 0 Å². The van der Waals surface area contributed by atoms with Crippen LogP contribution in [0.4, 0.5) is 5.88 Å². The van der Waals surface area contributed by atoms with E-state index in [4.69, 9.17) is 33.3 Å². The lowest BCUT2D eigenvalue weighted by Crippen LogP contribution is -2.67. The van der Waals surface area contributed by atoms with E-state index in [-0.39, 0.29) is 0 Å². The monoisotopic (exact) mass is 487 g/mol. The maximum Gasteiger partial charge on any atom is 0.305 e. The Hall–Kier alpha value is -3.69. The van der Waals surface area contributed by atoms with Crippen molar-refractivity contribution in [2.45, 2.75) is 58.3 Å². The molecular formula is C19H23N2O13-. The second kappa shape index (κ2) is 11.4. The van der Waals surface area contributed by atoms with Gasteiger partial charge in [0.1, 0.15) is 18.8 Å². The van der Waals surface area contributed by atoms with Gasteiger partial charge in [0, 0.05) is 33.8 Å². The van der Waals surface area contributed by atoms with Gasteiger partial charge in [0.05, 0.1) is 0 Å². The summed E-state index contributed by atoms with van der Waals surface area (Å²) in [4.78, 5) is 59.2. The van der Waals surface area contributed by atoms with Crippen LogP contribution in [0.2, 0.25) is 0 Å². The molecule has 0 radical (unpaired) electrons. The second-order valence-electron chi connectivity index (χ2n) is 7.01. The highest BCUT2D eigenvalue weighted by atomic mass is 16.8. The van der Waals surface area contributed by atoms with E-state index in [1.165, 1.54) is 0 Å². The number of hydrogen-bond donors (Lipinski definition) is 2. The summed E-state index contributed by atoms with van der Waals surface area (Å²) in [5.74, 6) is -5.24. The molecule has 0 saturated carbocycles. The van der Waals surface area contributed by atoms with Crippen LogP contribution in [0, 0.1) is 5.21 Å². The fourth-order valence-electron chi connectivity index (χ4n) is 3.10. The van der Waals surface area contributed by atoms with Gasteiger partial charge in [0.2, 0.25) is 12.2 Å². The van der Waals surface area contributed by atoms with Crippen LogP contribution in [0.15, 0.2) is 16.5 Å². The van der Waals surface area contributed by atoms with Gasteiger partial charge in [-0.1, -0.05) is 0 Å². The van der Waals surface area contributed by atoms with Crippen molar-refractivity contribution in [2.24, 2.45) is 0 Å². The molecule has 0 spiro atoms. The molecule has 1 fully saturated rings. The van der Waals surface area contributed by atoms with E-state index in [1.54, 1.807) is 0 Å². The Morgan fingerprint density at radius 1 is 0.971 bits per heavy atom. The summed E-state index contributed by atoms with van der Waals surface area (Å²) >= 11 is 0. The predicted molar refractivity (Wildman–Crippen MR) is 106 cm³/mol. The minimum atomic E-state index is -1.60. The molecule has 1 aliphatic rings. The van der Waals surface area contributed by atoms with Crippen LogP contribution in [-0.4, -0.2) is 72.2 Å². The van der Waals surface area contributed by atoms with Crippen LogP contribution in [0.25, 0.3) is 0 Å². The molecule has 2 N–H and O–H groups in total. The number of esters is 4. The van der Waals surface area contributed by atoms with Gasteiger partial charge in [0.25, 0.3) is 5.91 Å². The molecule has 2 heterocycles. The van der Waals surface area contributed by atoms with Crippen molar-refractivity contribution in [1.82, 2.24) is 5.32 Å². The molecule has 0 bridgehead atoms. The largest absolute Gasteiger partial charge is 0.731 e. The zero-order chi connectivity index (χ0) is 25.6. The van der Waals surface area contributed by atoms with Crippen molar-refractivity contribution < 1.29 is 57.3 Å². The van der Waals surface area contributed by atoms with Crippen LogP contribution < -0.4 is 10.5 Å². The van der Waals surface area contributed by atoms with E-state index in [0.29, 0.717) is 0 Å². The normalized spacial score (nSPS) is 23.9. The third kappa shape index (κ3) is 7.16. The van der Waals surface area contributed by atoms with E-state index >= 15 is 0 Å². The maximum absolute atomic E-state index is 12.7. The summed E-state index contributed by atoms with van der Waals surface area (Å²) in [6.07, 6.45) is -5.73. The fourth-order valence-corrected chi connectivity index (χ4v) is 3.10. The number of carbonyl (C=O) groups is 5. The van der Waals surface area contributed by atoms with Crippen molar-refractivity contribution in [2.75, 3.05) is 11.8 Å². The molecule has 1 aromatic rings. The predicted octanol–water partition coefficient (Wildman–Crippen LogP) is -0.214. The first-order valence-electron chi connectivity index (χ1n) is 9.76. The molecule has 15 nitrogen and oxygen atoms in total. The first-order chi connectivity index (χ1) is 15.9. The molecule has 34 heavy (non-hydrogen) atoms. The van der Waals surface area contributed by atoms with Crippen LogP contribution in [0.5, 0.6) is 0 Å². The lowest BCUT2D eigenvalue weighted by atomic mass is 9.96. The Morgan fingerprint density at radius 3 is 2.06 bits per heavy atom. The lowest BCUT2D eigenvalue weighted by molar-refractivity contribution is -0.270. The van der Waals surface area contributed by atoms with Crippen molar-refractivity contribution in [3.05, 3.63) is 23.1 Å².